The summed E-state index contributed by atoms with van der Waals surface area (Å²) in [5, 5.41) is 24.4. The molecule has 0 aliphatic carbocycles. The van der Waals surface area contributed by atoms with Crippen LogP contribution in [0.15, 0.2) is 48.6 Å². The Morgan fingerprint density at radius 1 is 0.766 bits per heavy atom. The van der Waals surface area contributed by atoms with E-state index in [4.69, 9.17) is 9.05 Å². The second-order valence-corrected chi connectivity index (χ2v) is 14.8. The van der Waals surface area contributed by atoms with Gasteiger partial charge in [-0.2, -0.15) is 0 Å². The van der Waals surface area contributed by atoms with Crippen LogP contribution in [0.25, 0.3) is 0 Å². The van der Waals surface area contributed by atoms with E-state index in [9.17, 15) is 24.5 Å². The zero-order valence-electron chi connectivity index (χ0n) is 30.4. The first-order valence-electron chi connectivity index (χ1n) is 18.1. The van der Waals surface area contributed by atoms with E-state index in [1.165, 1.54) is 12.8 Å². The first-order chi connectivity index (χ1) is 22.4. The molecular weight excluding hydrogens is 615 g/mol. The van der Waals surface area contributed by atoms with E-state index in [0.29, 0.717) is 30.3 Å². The quantitative estimate of drug-likeness (QED) is 0.0253. The second kappa shape index (κ2) is 29.3. The number of unbranched alkanes of at least 4 members (excludes halogenated alkanes) is 10. The van der Waals surface area contributed by atoms with Gasteiger partial charge >= 0.3 is 7.82 Å². The Balaban J connectivity index is 4.77. The largest absolute Gasteiger partial charge is 0.472 e. The van der Waals surface area contributed by atoms with Crippen LogP contribution in [0.4, 0.5) is 0 Å². The van der Waals surface area contributed by atoms with Crippen LogP contribution in [0.5, 0.6) is 0 Å². The van der Waals surface area contributed by atoms with Gasteiger partial charge in [0.2, 0.25) is 5.91 Å². The van der Waals surface area contributed by atoms with Gasteiger partial charge in [0, 0.05) is 6.42 Å². The van der Waals surface area contributed by atoms with E-state index < -0.39 is 32.7 Å². The molecule has 10 heteroatoms. The highest BCUT2D eigenvalue weighted by Crippen LogP contribution is 2.43. The number of nitrogens with zero attached hydrogens (tertiary/aromatic N) is 1. The summed E-state index contributed by atoms with van der Waals surface area (Å²) in [4.78, 5) is 23.0. The molecule has 274 valence electrons. The minimum absolute atomic E-state index is 0.00892. The smallest absolute Gasteiger partial charge is 0.390 e. The Labute approximate surface area is 287 Å². The number of amides is 1. The third-order valence-electron chi connectivity index (χ3n) is 7.69. The monoisotopic (exact) mass is 685 g/mol. The number of allylic oxidation sites excluding steroid dienone is 8. The number of rotatable bonds is 31. The first kappa shape index (κ1) is 45.4. The van der Waals surface area contributed by atoms with Crippen molar-refractivity contribution in [2.75, 3.05) is 40.9 Å². The van der Waals surface area contributed by atoms with Crippen molar-refractivity contribution in [2.24, 2.45) is 0 Å². The van der Waals surface area contributed by atoms with Gasteiger partial charge in [-0.3, -0.25) is 13.8 Å². The van der Waals surface area contributed by atoms with Crippen LogP contribution in [-0.2, 0) is 18.4 Å². The van der Waals surface area contributed by atoms with Crippen molar-refractivity contribution in [2.45, 2.75) is 141 Å². The molecule has 0 aromatic heterocycles. The van der Waals surface area contributed by atoms with Crippen molar-refractivity contribution in [3.8, 4) is 0 Å². The Kier molecular flexibility index (Phi) is 28.4. The van der Waals surface area contributed by atoms with Crippen molar-refractivity contribution < 1.29 is 38.0 Å². The molecule has 47 heavy (non-hydrogen) atoms. The Bertz CT molecular complexity index is 930. The Morgan fingerprint density at radius 2 is 1.30 bits per heavy atom. The van der Waals surface area contributed by atoms with Crippen LogP contribution in [0.3, 0.4) is 0 Å². The summed E-state index contributed by atoms with van der Waals surface area (Å²) < 4.78 is 23.3. The standard InChI is InChI=1S/C37H69N2O7P/c1-6-8-10-12-14-16-18-20-21-23-25-27-29-35(40)37(42)34(33-46-47(43,44)45-32-31-39(3,4)5)38-36(41)30-28-26-24-22-19-17-15-13-11-9-7-2/h6,8,13-16,21,23,34-35,37,40,42H,7,9-12,17-20,22,24-33H2,1-5H3,(H-,38,41,43,44)/p+1/b8-6+,15-13-,16-14+,23-21+. The zero-order chi connectivity index (χ0) is 35.2. The first-order valence-corrected chi connectivity index (χ1v) is 19.5. The fourth-order valence-corrected chi connectivity index (χ4v) is 5.42. The summed E-state index contributed by atoms with van der Waals surface area (Å²) in [6.45, 7) is 4.26. The number of carbonyl (C=O) groups is 1. The van der Waals surface area contributed by atoms with Crippen molar-refractivity contribution in [1.82, 2.24) is 5.32 Å². The topological polar surface area (TPSA) is 125 Å². The molecule has 0 aromatic rings. The number of aliphatic hydroxyl groups is 2. The lowest BCUT2D eigenvalue weighted by Crippen LogP contribution is -2.51. The molecule has 4 atom stereocenters. The molecule has 0 heterocycles. The highest BCUT2D eigenvalue weighted by atomic mass is 31.2. The Morgan fingerprint density at radius 3 is 1.89 bits per heavy atom. The summed E-state index contributed by atoms with van der Waals surface area (Å²) >= 11 is 0. The SMILES string of the molecule is C/C=C/CC/C=C/CC/C=C/CCCC(O)C(O)C(COP(=O)(O)OCC[N+](C)(C)C)NC(=O)CCCCCCC/C=C\CCCC. The summed E-state index contributed by atoms with van der Waals surface area (Å²) in [6, 6.07) is -1.06. The molecule has 1 amide bonds. The maximum atomic E-state index is 12.8. The summed E-state index contributed by atoms with van der Waals surface area (Å²) in [5.74, 6) is -0.291. The van der Waals surface area contributed by atoms with Gasteiger partial charge in [0.1, 0.15) is 19.3 Å². The van der Waals surface area contributed by atoms with Crippen LogP contribution in [0, 0.1) is 0 Å². The number of carbonyl (C=O) groups excluding carboxylic acids is 1. The average Bonchev–Trinajstić information content (AvgIpc) is 3.01. The van der Waals surface area contributed by atoms with Crippen molar-refractivity contribution in [1.29, 1.82) is 0 Å². The van der Waals surface area contributed by atoms with Gasteiger partial charge in [0.05, 0.1) is 39.9 Å². The van der Waals surface area contributed by atoms with E-state index in [2.05, 4.69) is 60.8 Å². The van der Waals surface area contributed by atoms with E-state index in [0.717, 1.165) is 70.6 Å². The predicted octanol–water partition coefficient (Wildman–Crippen LogP) is 7.93. The van der Waals surface area contributed by atoms with Gasteiger partial charge in [0.15, 0.2) is 0 Å². The minimum atomic E-state index is -4.42. The summed E-state index contributed by atoms with van der Waals surface area (Å²) in [6.07, 6.45) is 30.5. The van der Waals surface area contributed by atoms with Crippen molar-refractivity contribution in [3.05, 3.63) is 48.6 Å². The lowest BCUT2D eigenvalue weighted by molar-refractivity contribution is -0.870. The lowest BCUT2D eigenvalue weighted by atomic mass is 10.0. The number of nitrogens with one attached hydrogen (secondary N) is 1. The number of aliphatic hydroxyl groups excluding tert-OH is 2. The summed E-state index contributed by atoms with van der Waals surface area (Å²) in [5.41, 5.74) is 0. The zero-order valence-corrected chi connectivity index (χ0v) is 31.3. The maximum absolute atomic E-state index is 12.8. The maximum Gasteiger partial charge on any atom is 0.472 e. The molecule has 0 spiro atoms. The van der Waals surface area contributed by atoms with Gasteiger partial charge in [-0.1, -0.05) is 87.6 Å². The molecule has 9 nitrogen and oxygen atoms in total. The van der Waals surface area contributed by atoms with Crippen LogP contribution in [0.1, 0.15) is 123 Å². The number of phosphoric ester groups is 1. The minimum Gasteiger partial charge on any atom is -0.390 e. The molecule has 0 rings (SSSR count). The molecule has 0 aliphatic heterocycles. The van der Waals surface area contributed by atoms with Gasteiger partial charge < -0.3 is 24.9 Å². The average molecular weight is 686 g/mol. The number of phosphoric acid groups is 1. The normalized spacial score (nSPS) is 16.0. The van der Waals surface area contributed by atoms with Crippen LogP contribution < -0.4 is 5.32 Å². The third kappa shape index (κ3) is 30.2. The van der Waals surface area contributed by atoms with Gasteiger partial charge in [-0.15, -0.1) is 0 Å². The highest BCUT2D eigenvalue weighted by molar-refractivity contribution is 7.47. The third-order valence-corrected chi connectivity index (χ3v) is 8.68. The fraction of sp³-hybridized carbons (Fsp3) is 0.757. The number of hydrogen-bond donors (Lipinski definition) is 4. The molecule has 0 radical (unpaired) electrons. The van der Waals surface area contributed by atoms with Crippen molar-refractivity contribution >= 4 is 13.7 Å². The van der Waals surface area contributed by atoms with E-state index in [1.807, 2.05) is 28.1 Å². The van der Waals surface area contributed by atoms with Gasteiger partial charge in [-0.25, -0.2) is 4.57 Å². The molecule has 0 fully saturated rings. The van der Waals surface area contributed by atoms with Crippen LogP contribution >= 0.6 is 7.82 Å². The summed E-state index contributed by atoms with van der Waals surface area (Å²) in [7, 11) is 1.39. The molecule has 0 aromatic carbocycles. The van der Waals surface area contributed by atoms with Crippen molar-refractivity contribution in [3.63, 3.8) is 0 Å². The van der Waals surface area contributed by atoms with Crippen LogP contribution in [-0.4, -0.2) is 84.6 Å². The van der Waals surface area contributed by atoms with E-state index in [1.54, 1.807) is 0 Å². The molecule has 0 saturated carbocycles. The lowest BCUT2D eigenvalue weighted by Gasteiger charge is -2.28. The Hall–Kier alpha value is -1.58. The number of quaternary nitrogens is 1. The predicted molar refractivity (Wildman–Crippen MR) is 195 cm³/mol. The van der Waals surface area contributed by atoms with Gasteiger partial charge in [0.25, 0.3) is 0 Å². The number of hydrogen-bond acceptors (Lipinski definition) is 6. The fourth-order valence-electron chi connectivity index (χ4n) is 4.69. The second-order valence-electron chi connectivity index (χ2n) is 13.4. The highest BCUT2D eigenvalue weighted by Gasteiger charge is 2.31. The molecule has 4 N–H and O–H groups in total. The molecule has 0 saturated heterocycles. The molecule has 4 unspecified atom stereocenters. The van der Waals surface area contributed by atoms with E-state index >= 15 is 0 Å². The molecule has 0 bridgehead atoms. The number of likely N-dealkylation sites (N-methyl/N-ethyl adjacent to an activating group) is 1. The molecule has 0 aliphatic rings. The van der Waals surface area contributed by atoms with Crippen LogP contribution in [0.2, 0.25) is 0 Å². The molecular formula is C37H70N2O7P+. The van der Waals surface area contributed by atoms with E-state index in [-0.39, 0.29) is 18.9 Å². The van der Waals surface area contributed by atoms with Gasteiger partial charge in [-0.05, 0) is 77.6 Å².